The van der Waals surface area contributed by atoms with E-state index in [2.05, 4.69) is 242 Å². The van der Waals surface area contributed by atoms with Gasteiger partial charge in [-0.05, 0) is 301 Å². The summed E-state index contributed by atoms with van der Waals surface area (Å²) in [6.07, 6.45) is 21.6. The van der Waals surface area contributed by atoms with Gasteiger partial charge in [-0.1, -0.05) is 169 Å². The zero-order valence-electron chi connectivity index (χ0n) is 54.8. The summed E-state index contributed by atoms with van der Waals surface area (Å²) in [5, 5.41) is 0. The molecule has 3 fully saturated rings. The predicted molar refractivity (Wildman–Crippen MR) is 385 cm³/mol. The van der Waals surface area contributed by atoms with Gasteiger partial charge in [-0.15, -0.1) is 0 Å². The first-order chi connectivity index (χ1) is 45.3. The van der Waals surface area contributed by atoms with E-state index in [1.165, 1.54) is 205 Å². The molecule has 3 heteroatoms. The van der Waals surface area contributed by atoms with Crippen molar-refractivity contribution in [3.05, 3.63) is 267 Å². The molecule has 0 aliphatic heterocycles. The molecule has 0 amide bonds. The van der Waals surface area contributed by atoms with Gasteiger partial charge in [-0.3, -0.25) is 15.0 Å². The summed E-state index contributed by atoms with van der Waals surface area (Å²) in [6, 6.07) is 70.6. The Hall–Kier alpha value is -8.79. The van der Waals surface area contributed by atoms with Gasteiger partial charge in [0.1, 0.15) is 0 Å². The molecule has 3 heterocycles. The molecule has 93 heavy (non-hydrogen) atoms. The monoisotopic (exact) mass is 1200 g/mol. The Morgan fingerprint density at radius 3 is 0.849 bits per heavy atom. The van der Waals surface area contributed by atoms with Crippen molar-refractivity contribution in [3.8, 4) is 67.0 Å². The third-order valence-corrected chi connectivity index (χ3v) is 25.2. The van der Waals surface area contributed by atoms with E-state index in [0.29, 0.717) is 35.5 Å². The highest BCUT2D eigenvalue weighted by atomic mass is 14.7. The number of aromatic nitrogens is 3. The Bertz CT molecular complexity index is 4380. The van der Waals surface area contributed by atoms with Crippen LogP contribution < -0.4 is 0 Å². The van der Waals surface area contributed by atoms with E-state index >= 15 is 0 Å². The van der Waals surface area contributed by atoms with Crippen LogP contribution in [0.1, 0.15) is 185 Å². The number of fused-ring (bicyclic) bond motifs is 15. The third kappa shape index (κ3) is 8.43. The van der Waals surface area contributed by atoms with E-state index < -0.39 is 0 Å². The second-order valence-electron chi connectivity index (χ2n) is 31.0. The molecule has 0 unspecified atom stereocenters. The van der Waals surface area contributed by atoms with Crippen molar-refractivity contribution in [2.45, 2.75) is 135 Å². The first kappa shape index (κ1) is 55.8. The average molecular weight is 1200 g/mol. The van der Waals surface area contributed by atoms with E-state index in [1.54, 1.807) is 27.9 Å². The fraction of sp³-hybridized carbons (Fsp3) is 0.300. The maximum Gasteiger partial charge on any atom is 0.0702 e. The van der Waals surface area contributed by atoms with Gasteiger partial charge in [-0.25, -0.2) is 0 Å². The first-order valence-corrected chi connectivity index (χ1v) is 35.4. The second-order valence-corrected chi connectivity index (χ2v) is 31.0. The summed E-state index contributed by atoms with van der Waals surface area (Å²) in [4.78, 5) is 16.4. The number of allylic oxidation sites excluding steroid dienone is 6. The van der Waals surface area contributed by atoms with Crippen LogP contribution in [0.4, 0.5) is 0 Å². The van der Waals surface area contributed by atoms with Crippen LogP contribution in [0, 0.1) is 35.5 Å². The number of benzene rings is 7. The standard InChI is InChI=1S/C90H81N3/c1-88(2)73-16-10-7-13-67(73)70-37-31-58(46-76(70)88)61-34-42-81(93-49-61)87-57-29-27-56(28-30-57)86(87)66-44-64(84-54-23-19-52(20-24-54)82(84)62-35-40-79(91-50-62)59-32-38-71-68-14-8-11-17-74(68)89(3,4)77(71)47-59)43-65(45-66)85-55-25-21-53(22-26-55)83(85)63-36-41-80(92-51-63)60-33-39-72-69-15-9-12-18-75(69)90(5,6)78(72)48-60/h7-18,31-57H,19-30H2,1-6H3. The maximum absolute atomic E-state index is 5.57. The van der Waals surface area contributed by atoms with Gasteiger partial charge in [0.15, 0.2) is 0 Å². The molecule has 22 rings (SSSR count). The van der Waals surface area contributed by atoms with Crippen molar-refractivity contribution in [1.29, 1.82) is 0 Å². The Labute approximate surface area is 550 Å². The minimum atomic E-state index is -0.0646. The summed E-state index contributed by atoms with van der Waals surface area (Å²) in [5.41, 5.74) is 40.8. The van der Waals surface area contributed by atoms with Gasteiger partial charge in [0.25, 0.3) is 0 Å². The van der Waals surface area contributed by atoms with Gasteiger partial charge in [-0.2, -0.15) is 0 Å². The van der Waals surface area contributed by atoms with E-state index in [0.717, 1.165) is 11.4 Å². The number of hydrogen-bond acceptors (Lipinski definition) is 3. The molecule has 10 aromatic rings. The number of pyridine rings is 3. The van der Waals surface area contributed by atoms with E-state index in [4.69, 9.17) is 15.0 Å². The van der Waals surface area contributed by atoms with Crippen LogP contribution in [0.25, 0.3) is 100 Å². The molecule has 7 aromatic carbocycles. The molecular formula is C90H81N3. The van der Waals surface area contributed by atoms with Gasteiger partial charge < -0.3 is 0 Å². The van der Waals surface area contributed by atoms with Crippen molar-refractivity contribution in [3.63, 3.8) is 0 Å². The lowest BCUT2D eigenvalue weighted by Crippen LogP contribution is -2.27. The predicted octanol–water partition coefficient (Wildman–Crippen LogP) is 23.0. The van der Waals surface area contributed by atoms with Gasteiger partial charge in [0.2, 0.25) is 0 Å². The Balaban J connectivity index is 0.755. The third-order valence-electron chi connectivity index (χ3n) is 25.2. The van der Waals surface area contributed by atoms with Crippen molar-refractivity contribution >= 4 is 33.4 Å². The molecule has 0 N–H and O–H groups in total. The fourth-order valence-corrected chi connectivity index (χ4v) is 20.5. The van der Waals surface area contributed by atoms with Crippen LogP contribution in [0.15, 0.2) is 201 Å². The van der Waals surface area contributed by atoms with Gasteiger partial charge >= 0.3 is 0 Å². The molecule has 0 saturated heterocycles. The molecule has 12 aliphatic carbocycles. The number of hydrogen-bond donors (Lipinski definition) is 0. The summed E-state index contributed by atoms with van der Waals surface area (Å²) < 4.78 is 0. The molecule has 456 valence electrons. The van der Waals surface area contributed by atoms with Crippen molar-refractivity contribution < 1.29 is 0 Å². The fourth-order valence-electron chi connectivity index (χ4n) is 20.5. The zero-order valence-corrected chi connectivity index (χ0v) is 54.8. The molecule has 3 saturated carbocycles. The van der Waals surface area contributed by atoms with Crippen LogP contribution in [0.2, 0.25) is 0 Å². The van der Waals surface area contributed by atoms with Crippen LogP contribution in [-0.2, 0) is 16.2 Å². The molecular weight excluding hydrogens is 1120 g/mol. The Morgan fingerprint density at radius 2 is 0.495 bits per heavy atom. The van der Waals surface area contributed by atoms with Crippen molar-refractivity contribution in [2.75, 3.05) is 0 Å². The average Bonchev–Trinajstić information content (AvgIpc) is 1.67. The second kappa shape index (κ2) is 20.6. The molecule has 3 aromatic heterocycles. The quantitative estimate of drug-likeness (QED) is 0.145. The summed E-state index contributed by atoms with van der Waals surface area (Å²) in [6.45, 7) is 14.3. The number of rotatable bonds is 9. The van der Waals surface area contributed by atoms with Gasteiger partial charge in [0.05, 0.1) is 17.1 Å². The van der Waals surface area contributed by atoms with E-state index in [1.807, 2.05) is 0 Å². The minimum absolute atomic E-state index is 0.0569. The first-order valence-electron chi connectivity index (χ1n) is 35.4. The topological polar surface area (TPSA) is 38.7 Å². The Kier molecular flexibility index (Phi) is 12.4. The molecule has 0 radical (unpaired) electrons. The summed E-state index contributed by atoms with van der Waals surface area (Å²) in [7, 11) is 0. The van der Waals surface area contributed by atoms with Crippen LogP contribution >= 0.6 is 0 Å². The van der Waals surface area contributed by atoms with Crippen LogP contribution in [0.3, 0.4) is 0 Å². The van der Waals surface area contributed by atoms with Crippen LogP contribution in [0.5, 0.6) is 0 Å². The van der Waals surface area contributed by atoms with Crippen LogP contribution in [-0.4, -0.2) is 15.0 Å². The molecule has 3 nitrogen and oxygen atoms in total. The minimum Gasteiger partial charge on any atom is -0.256 e. The van der Waals surface area contributed by atoms with E-state index in [9.17, 15) is 0 Å². The SMILES string of the molecule is CC1(C)c2ccccc2-c2ccc(-c3ccc(C4=C(c5cc(C6=C(c7ccc(-c8ccc9c(c8)C(C)(C)c8ccccc8-9)nc7)C7CCC6CC7)cc(C6=C(c7ccc(-c8ccc9c(c8)C(C)(C)c8ccccc8-9)nc7)C7CCC6CC7)c5)C5CCC4CC5)nc3)cc21. The van der Waals surface area contributed by atoms with Crippen molar-refractivity contribution in [2.24, 2.45) is 35.5 Å². The lowest BCUT2D eigenvalue weighted by atomic mass is 9.61. The summed E-state index contributed by atoms with van der Waals surface area (Å²) in [5.74, 6) is 3.01. The lowest BCUT2D eigenvalue weighted by molar-refractivity contribution is 0.350. The largest absolute Gasteiger partial charge is 0.256 e. The normalized spacial score (nSPS) is 23.4. The molecule has 6 bridgehead atoms. The highest BCUT2D eigenvalue weighted by Gasteiger charge is 2.44. The van der Waals surface area contributed by atoms with E-state index in [-0.39, 0.29) is 16.2 Å². The summed E-state index contributed by atoms with van der Waals surface area (Å²) >= 11 is 0. The molecule has 0 spiro atoms. The van der Waals surface area contributed by atoms with Crippen molar-refractivity contribution in [1.82, 2.24) is 15.0 Å². The molecule has 12 aliphatic rings. The smallest absolute Gasteiger partial charge is 0.0702 e. The zero-order chi connectivity index (χ0) is 62.2. The Morgan fingerprint density at radius 1 is 0.226 bits per heavy atom. The lowest BCUT2D eigenvalue weighted by Gasteiger charge is -2.43. The van der Waals surface area contributed by atoms with Gasteiger partial charge in [0, 0.05) is 51.5 Å². The highest BCUT2D eigenvalue weighted by Crippen LogP contribution is 2.60. The number of nitrogens with zero attached hydrogens (tertiary/aromatic N) is 3. The maximum atomic E-state index is 5.57. The molecule has 0 atom stereocenters. The highest BCUT2D eigenvalue weighted by molar-refractivity contribution is 6.02.